The van der Waals surface area contributed by atoms with Gasteiger partial charge in [-0.1, -0.05) is 103 Å². The molecule has 156 valence electrons. The van der Waals surface area contributed by atoms with Gasteiger partial charge >= 0.3 is 0 Å². The Labute approximate surface area is 188 Å². The fourth-order valence-electron chi connectivity index (χ4n) is 3.39. The normalized spacial score (nSPS) is 10.6. The Balaban J connectivity index is 0.000000174. The largest absolute Gasteiger partial charge is 0.309 e. The summed E-state index contributed by atoms with van der Waals surface area (Å²) in [4.78, 5) is 8.37. The molecule has 0 unspecified atom stereocenters. The molecule has 0 aliphatic rings. The predicted octanol–water partition coefficient (Wildman–Crippen LogP) is 5.47. The van der Waals surface area contributed by atoms with Crippen LogP contribution in [0, 0.1) is 0 Å². The van der Waals surface area contributed by atoms with Gasteiger partial charge in [-0.15, -0.1) is 0 Å². The average Bonchev–Trinajstić information content (AvgIpc) is 2.91. The van der Waals surface area contributed by atoms with Crippen molar-refractivity contribution >= 4 is 23.1 Å². The molecule has 0 bridgehead atoms. The summed E-state index contributed by atoms with van der Waals surface area (Å²) in [7, 11) is -2.78. The van der Waals surface area contributed by atoms with E-state index in [2.05, 4.69) is 9.97 Å². The van der Waals surface area contributed by atoms with Gasteiger partial charge in [0.15, 0.2) is 7.14 Å². The van der Waals surface area contributed by atoms with Crippen LogP contribution in [0.4, 0.5) is 0 Å². The third-order valence-electron chi connectivity index (χ3n) is 4.95. The molecule has 3 aromatic carbocycles. The van der Waals surface area contributed by atoms with Crippen molar-refractivity contribution in [1.29, 1.82) is 0 Å². The van der Waals surface area contributed by atoms with Crippen LogP contribution in [0.1, 0.15) is 0 Å². The minimum absolute atomic E-state index is 0.873. The minimum atomic E-state index is -2.78. The zero-order valence-corrected chi connectivity index (χ0v) is 18.4. The number of rotatable bonds is 4. The Morgan fingerprint density at radius 2 is 0.719 bits per heavy atom. The maximum absolute atomic E-state index is 13.8. The molecular weight excluding hydrogens is 411 g/mol. The van der Waals surface area contributed by atoms with E-state index in [0.717, 1.165) is 27.3 Å². The Bertz CT molecular complexity index is 1120. The quantitative estimate of drug-likeness (QED) is 0.352. The van der Waals surface area contributed by atoms with E-state index in [-0.39, 0.29) is 0 Å². The molecule has 0 aliphatic heterocycles. The second-order valence-corrected chi connectivity index (χ2v) is 9.81. The molecule has 0 aliphatic carbocycles. The van der Waals surface area contributed by atoms with E-state index in [4.69, 9.17) is 0 Å². The van der Waals surface area contributed by atoms with E-state index in [1.54, 1.807) is 12.4 Å². The van der Waals surface area contributed by atoms with Crippen molar-refractivity contribution in [2.75, 3.05) is 0 Å². The highest BCUT2D eigenvalue weighted by atomic mass is 31.2. The molecule has 0 N–H and O–H groups in total. The van der Waals surface area contributed by atoms with Crippen LogP contribution in [0.3, 0.4) is 0 Å². The lowest BCUT2D eigenvalue weighted by Gasteiger charge is -2.19. The lowest BCUT2D eigenvalue weighted by molar-refractivity contribution is 0.592. The predicted molar refractivity (Wildman–Crippen MR) is 133 cm³/mol. The SMILES string of the molecule is O=P(c1ccccc1)(c1ccccc1)c1ccccc1.c1ccc(-c2ccccn2)nc1. The van der Waals surface area contributed by atoms with Gasteiger partial charge in [0.1, 0.15) is 0 Å². The number of aromatic nitrogens is 2. The Morgan fingerprint density at radius 1 is 0.406 bits per heavy atom. The highest BCUT2D eigenvalue weighted by Crippen LogP contribution is 2.41. The van der Waals surface area contributed by atoms with Crippen LogP contribution in [0.5, 0.6) is 0 Å². The minimum Gasteiger partial charge on any atom is -0.309 e. The molecule has 0 saturated heterocycles. The van der Waals surface area contributed by atoms with E-state index in [1.807, 2.05) is 127 Å². The summed E-state index contributed by atoms with van der Waals surface area (Å²) in [5.74, 6) is 0. The Morgan fingerprint density at radius 3 is 1.00 bits per heavy atom. The van der Waals surface area contributed by atoms with E-state index in [9.17, 15) is 4.57 Å². The molecule has 3 nitrogen and oxygen atoms in total. The van der Waals surface area contributed by atoms with Crippen molar-refractivity contribution in [3.8, 4) is 11.4 Å². The van der Waals surface area contributed by atoms with Gasteiger partial charge in [0, 0.05) is 28.3 Å². The van der Waals surface area contributed by atoms with Crippen LogP contribution in [0.15, 0.2) is 140 Å². The van der Waals surface area contributed by atoms with Crippen molar-refractivity contribution in [3.05, 3.63) is 140 Å². The van der Waals surface area contributed by atoms with Crippen LogP contribution >= 0.6 is 7.14 Å². The summed E-state index contributed by atoms with van der Waals surface area (Å²) in [6.07, 6.45) is 3.54. The standard InChI is InChI=1S/C18H15OP.C10H8N2/c19-20(16-10-4-1-5-11-16,17-12-6-2-7-13-17)18-14-8-3-9-15-18;1-3-7-11-9(5-1)10-6-2-4-8-12-10/h1-15H;1-8H. The number of hydrogen-bond acceptors (Lipinski definition) is 3. The highest BCUT2D eigenvalue weighted by Gasteiger charge is 2.28. The van der Waals surface area contributed by atoms with Crippen LogP contribution in [0.25, 0.3) is 11.4 Å². The monoisotopic (exact) mass is 434 g/mol. The number of pyridine rings is 2. The molecule has 0 amide bonds. The van der Waals surface area contributed by atoms with E-state index >= 15 is 0 Å². The number of nitrogens with zero attached hydrogens (tertiary/aromatic N) is 2. The molecule has 2 aromatic heterocycles. The van der Waals surface area contributed by atoms with Gasteiger partial charge < -0.3 is 4.57 Å². The molecule has 0 radical (unpaired) electrons. The number of hydrogen-bond donors (Lipinski definition) is 0. The maximum Gasteiger partial charge on any atom is 0.171 e. The van der Waals surface area contributed by atoms with Gasteiger partial charge in [0.05, 0.1) is 11.4 Å². The molecule has 32 heavy (non-hydrogen) atoms. The zero-order valence-electron chi connectivity index (χ0n) is 17.5. The Kier molecular flexibility index (Phi) is 7.01. The lowest BCUT2D eigenvalue weighted by atomic mass is 10.2. The molecule has 5 aromatic rings. The summed E-state index contributed by atoms with van der Waals surface area (Å²) < 4.78 is 13.8. The van der Waals surface area contributed by atoms with Gasteiger partial charge in [0.25, 0.3) is 0 Å². The molecule has 2 heterocycles. The first kappa shape index (κ1) is 21.4. The molecule has 4 heteroatoms. The van der Waals surface area contributed by atoms with Crippen LogP contribution in [0.2, 0.25) is 0 Å². The topological polar surface area (TPSA) is 42.9 Å². The molecule has 5 rings (SSSR count). The molecule has 0 spiro atoms. The second kappa shape index (κ2) is 10.5. The van der Waals surface area contributed by atoms with E-state index < -0.39 is 7.14 Å². The third-order valence-corrected chi connectivity index (χ3v) is 8.03. The van der Waals surface area contributed by atoms with Crippen molar-refractivity contribution in [2.45, 2.75) is 0 Å². The third kappa shape index (κ3) is 4.91. The van der Waals surface area contributed by atoms with Crippen molar-refractivity contribution in [2.24, 2.45) is 0 Å². The van der Waals surface area contributed by atoms with Crippen molar-refractivity contribution in [3.63, 3.8) is 0 Å². The van der Waals surface area contributed by atoms with E-state index in [1.165, 1.54) is 0 Å². The smallest absolute Gasteiger partial charge is 0.171 e. The molecule has 0 saturated carbocycles. The summed E-state index contributed by atoms with van der Waals surface area (Å²) in [6, 6.07) is 40.7. The second-order valence-electron chi connectivity index (χ2n) is 7.05. The summed E-state index contributed by atoms with van der Waals surface area (Å²) >= 11 is 0. The van der Waals surface area contributed by atoms with Gasteiger partial charge in [-0.3, -0.25) is 9.97 Å². The lowest BCUT2D eigenvalue weighted by Crippen LogP contribution is -2.24. The first-order valence-corrected chi connectivity index (χ1v) is 12.1. The fourth-order valence-corrected chi connectivity index (χ4v) is 6.06. The maximum atomic E-state index is 13.8. The first-order valence-electron chi connectivity index (χ1n) is 10.4. The summed E-state index contributed by atoms with van der Waals surface area (Å²) in [6.45, 7) is 0. The van der Waals surface area contributed by atoms with Crippen LogP contribution in [-0.4, -0.2) is 9.97 Å². The zero-order chi connectivity index (χ0) is 22.1. The van der Waals surface area contributed by atoms with Gasteiger partial charge in [0.2, 0.25) is 0 Å². The Hall–Kier alpha value is -3.81. The van der Waals surface area contributed by atoms with Gasteiger partial charge in [-0.2, -0.15) is 0 Å². The van der Waals surface area contributed by atoms with Crippen molar-refractivity contribution < 1.29 is 4.57 Å². The van der Waals surface area contributed by atoms with Crippen LogP contribution < -0.4 is 15.9 Å². The van der Waals surface area contributed by atoms with E-state index in [0.29, 0.717) is 0 Å². The molecule has 0 fully saturated rings. The summed E-state index contributed by atoms with van der Waals surface area (Å²) in [5.41, 5.74) is 1.83. The molecule has 0 atom stereocenters. The van der Waals surface area contributed by atoms with Crippen molar-refractivity contribution in [1.82, 2.24) is 9.97 Å². The summed E-state index contributed by atoms with van der Waals surface area (Å²) in [5, 5.41) is 2.62. The highest BCUT2D eigenvalue weighted by molar-refractivity contribution is 7.85. The molecular formula is C28H23N2OP. The first-order chi connectivity index (χ1) is 15.8. The van der Waals surface area contributed by atoms with Gasteiger partial charge in [-0.25, -0.2) is 0 Å². The average molecular weight is 434 g/mol. The number of benzene rings is 3. The van der Waals surface area contributed by atoms with Gasteiger partial charge in [-0.05, 0) is 24.3 Å². The van der Waals surface area contributed by atoms with Crippen LogP contribution in [-0.2, 0) is 4.57 Å². The fraction of sp³-hybridized carbons (Fsp3) is 0.